The molecule has 4 heteroatoms. The first-order valence-corrected chi connectivity index (χ1v) is 6.26. The van der Waals surface area contributed by atoms with Crippen LogP contribution in [0.15, 0.2) is 18.2 Å². The number of benzene rings is 1. The normalized spacial score (nSPS) is 11.8. The Morgan fingerprint density at radius 3 is 3.06 bits per heavy atom. The molecular formula is C13H12O3S. The molecule has 0 saturated carbocycles. The first-order chi connectivity index (χ1) is 8.25. The van der Waals surface area contributed by atoms with Gasteiger partial charge in [-0.15, -0.1) is 0 Å². The summed E-state index contributed by atoms with van der Waals surface area (Å²) >= 11 is 1.30. The second-order valence-electron chi connectivity index (χ2n) is 3.46. The number of carbonyl (C=O) groups excluding carboxylic acids is 1. The van der Waals surface area contributed by atoms with Crippen LogP contribution in [0.2, 0.25) is 0 Å². The third-order valence-corrected chi connectivity index (χ3v) is 2.95. The van der Waals surface area contributed by atoms with E-state index >= 15 is 0 Å². The minimum absolute atomic E-state index is 0.134. The topological polar surface area (TPSA) is 35.5 Å². The molecule has 0 aromatic heterocycles. The van der Waals surface area contributed by atoms with Crippen LogP contribution in [0.4, 0.5) is 0 Å². The van der Waals surface area contributed by atoms with E-state index in [-0.39, 0.29) is 11.9 Å². The molecule has 1 heterocycles. The Labute approximate surface area is 104 Å². The molecule has 1 aromatic carbocycles. The summed E-state index contributed by atoms with van der Waals surface area (Å²) in [5.41, 5.74) is 0.905. The van der Waals surface area contributed by atoms with Crippen LogP contribution in [0.3, 0.4) is 0 Å². The van der Waals surface area contributed by atoms with Gasteiger partial charge in [0.25, 0.3) is 0 Å². The largest absolute Gasteiger partial charge is 0.454 e. The van der Waals surface area contributed by atoms with Crippen molar-refractivity contribution in [2.24, 2.45) is 0 Å². The summed E-state index contributed by atoms with van der Waals surface area (Å²) < 4.78 is 10.5. The lowest BCUT2D eigenvalue weighted by Gasteiger charge is -1.95. The van der Waals surface area contributed by atoms with Gasteiger partial charge < -0.3 is 9.47 Å². The van der Waals surface area contributed by atoms with Crippen LogP contribution in [0.5, 0.6) is 11.5 Å². The number of ether oxygens (including phenoxy) is 2. The van der Waals surface area contributed by atoms with Crippen molar-refractivity contribution < 1.29 is 14.3 Å². The Morgan fingerprint density at radius 2 is 2.24 bits per heavy atom. The van der Waals surface area contributed by atoms with Gasteiger partial charge in [0, 0.05) is 24.7 Å². The molecule has 0 spiro atoms. The summed E-state index contributed by atoms with van der Waals surface area (Å²) in [4.78, 5) is 10.7. The molecule has 1 aliphatic heterocycles. The highest BCUT2D eigenvalue weighted by Gasteiger charge is 2.12. The lowest BCUT2D eigenvalue weighted by molar-refractivity contribution is -0.109. The van der Waals surface area contributed by atoms with Gasteiger partial charge in [-0.3, -0.25) is 4.79 Å². The van der Waals surface area contributed by atoms with Crippen LogP contribution in [0.25, 0.3) is 0 Å². The lowest BCUT2D eigenvalue weighted by atomic mass is 10.2. The number of hydrogen-bond donors (Lipinski definition) is 0. The van der Waals surface area contributed by atoms with Gasteiger partial charge in [-0.05, 0) is 18.2 Å². The Kier molecular flexibility index (Phi) is 3.94. The van der Waals surface area contributed by atoms with E-state index in [1.165, 1.54) is 11.8 Å². The quantitative estimate of drug-likeness (QED) is 0.595. The van der Waals surface area contributed by atoms with Crippen LogP contribution >= 0.6 is 11.8 Å². The number of rotatable bonds is 2. The Morgan fingerprint density at radius 1 is 1.41 bits per heavy atom. The van der Waals surface area contributed by atoms with Gasteiger partial charge in [0.15, 0.2) is 16.6 Å². The molecule has 1 aromatic rings. The minimum Gasteiger partial charge on any atom is -0.454 e. The summed E-state index contributed by atoms with van der Waals surface area (Å²) in [6.07, 6.45) is 0.707. The summed E-state index contributed by atoms with van der Waals surface area (Å²) in [5, 5.41) is 0.134. The van der Waals surface area contributed by atoms with Gasteiger partial charge >= 0.3 is 0 Å². The maximum Gasteiger partial charge on any atom is 0.231 e. The number of fused-ring (bicyclic) bond motifs is 1. The zero-order valence-electron chi connectivity index (χ0n) is 9.49. The number of hydrogen-bond acceptors (Lipinski definition) is 4. The second kappa shape index (κ2) is 5.65. The van der Waals surface area contributed by atoms with Crippen LogP contribution in [-0.4, -0.2) is 17.7 Å². The van der Waals surface area contributed by atoms with Crippen molar-refractivity contribution >= 4 is 16.9 Å². The highest BCUT2D eigenvalue weighted by molar-refractivity contribution is 8.13. The van der Waals surface area contributed by atoms with E-state index in [1.807, 2.05) is 18.2 Å². The van der Waals surface area contributed by atoms with Gasteiger partial charge in [-0.1, -0.05) is 23.6 Å². The fourth-order valence-electron chi connectivity index (χ4n) is 1.38. The van der Waals surface area contributed by atoms with Crippen LogP contribution in [-0.2, 0) is 4.79 Å². The average molecular weight is 248 g/mol. The molecule has 0 fully saturated rings. The Hall–Kier alpha value is -1.60. The third kappa shape index (κ3) is 3.43. The van der Waals surface area contributed by atoms with Gasteiger partial charge in [0.1, 0.15) is 0 Å². The van der Waals surface area contributed by atoms with Crippen molar-refractivity contribution in [2.75, 3.05) is 12.5 Å². The SMILES string of the molecule is CC(=O)SCCC#Cc1ccc2c(c1)OCO2. The number of carbonyl (C=O) groups is 1. The summed E-state index contributed by atoms with van der Waals surface area (Å²) in [6, 6.07) is 5.63. The first-order valence-electron chi connectivity index (χ1n) is 5.27. The van der Waals surface area contributed by atoms with Crippen molar-refractivity contribution in [3.05, 3.63) is 23.8 Å². The molecule has 1 aliphatic rings. The van der Waals surface area contributed by atoms with E-state index in [1.54, 1.807) is 6.92 Å². The molecule has 17 heavy (non-hydrogen) atoms. The maximum atomic E-state index is 10.7. The van der Waals surface area contributed by atoms with Gasteiger partial charge in [-0.25, -0.2) is 0 Å². The van der Waals surface area contributed by atoms with Crippen molar-refractivity contribution in [3.8, 4) is 23.3 Å². The second-order valence-corrected chi connectivity index (χ2v) is 4.73. The third-order valence-electron chi connectivity index (χ3n) is 2.14. The average Bonchev–Trinajstić information content (AvgIpc) is 2.75. The summed E-state index contributed by atoms with van der Waals surface area (Å²) in [5.74, 6) is 8.32. The molecule has 0 atom stereocenters. The smallest absolute Gasteiger partial charge is 0.231 e. The standard InChI is InChI=1S/C13H12O3S/c1-10(14)17-7-3-2-4-11-5-6-12-13(8-11)16-9-15-12/h5-6,8H,3,7,9H2,1H3. The van der Waals surface area contributed by atoms with Gasteiger partial charge in [0.05, 0.1) is 0 Å². The molecule has 0 N–H and O–H groups in total. The molecular weight excluding hydrogens is 236 g/mol. The Bertz CT molecular complexity index is 485. The van der Waals surface area contributed by atoms with E-state index in [0.29, 0.717) is 6.42 Å². The monoisotopic (exact) mass is 248 g/mol. The highest BCUT2D eigenvalue weighted by Crippen LogP contribution is 2.32. The fraction of sp³-hybridized carbons (Fsp3) is 0.308. The summed E-state index contributed by atoms with van der Waals surface area (Å²) in [6.45, 7) is 1.84. The predicted molar refractivity (Wildman–Crippen MR) is 67.2 cm³/mol. The van der Waals surface area contributed by atoms with Gasteiger partial charge in [0.2, 0.25) is 6.79 Å². The van der Waals surface area contributed by atoms with Crippen molar-refractivity contribution in [1.82, 2.24) is 0 Å². The summed E-state index contributed by atoms with van der Waals surface area (Å²) in [7, 11) is 0. The minimum atomic E-state index is 0.134. The van der Waals surface area contributed by atoms with Crippen molar-refractivity contribution in [2.45, 2.75) is 13.3 Å². The molecule has 0 amide bonds. The van der Waals surface area contributed by atoms with Crippen molar-refractivity contribution in [1.29, 1.82) is 0 Å². The number of thioether (sulfide) groups is 1. The van der Waals surface area contributed by atoms with Crippen molar-refractivity contribution in [3.63, 3.8) is 0 Å². The van der Waals surface area contributed by atoms with Crippen LogP contribution in [0.1, 0.15) is 18.9 Å². The van der Waals surface area contributed by atoms with E-state index in [9.17, 15) is 4.79 Å². The molecule has 0 unspecified atom stereocenters. The molecule has 0 radical (unpaired) electrons. The Balaban J connectivity index is 1.91. The van der Waals surface area contributed by atoms with E-state index in [4.69, 9.17) is 9.47 Å². The van der Waals surface area contributed by atoms with Crippen LogP contribution in [0, 0.1) is 11.8 Å². The maximum absolute atomic E-state index is 10.7. The first kappa shape index (κ1) is 11.9. The molecule has 0 aliphatic carbocycles. The van der Waals surface area contributed by atoms with Crippen LogP contribution < -0.4 is 9.47 Å². The fourth-order valence-corrected chi connectivity index (χ4v) is 1.88. The molecule has 2 rings (SSSR count). The highest BCUT2D eigenvalue weighted by atomic mass is 32.2. The molecule has 0 saturated heterocycles. The van der Waals surface area contributed by atoms with Gasteiger partial charge in [-0.2, -0.15) is 0 Å². The molecule has 3 nitrogen and oxygen atoms in total. The van der Waals surface area contributed by atoms with E-state index in [2.05, 4.69) is 11.8 Å². The molecule has 0 bridgehead atoms. The zero-order chi connectivity index (χ0) is 12.1. The van der Waals surface area contributed by atoms with E-state index in [0.717, 1.165) is 22.8 Å². The predicted octanol–water partition coefficient (Wildman–Crippen LogP) is 2.44. The molecule has 88 valence electrons. The zero-order valence-corrected chi connectivity index (χ0v) is 10.3. The lowest BCUT2D eigenvalue weighted by Crippen LogP contribution is -1.92. The van der Waals surface area contributed by atoms with E-state index < -0.39 is 0 Å².